The van der Waals surface area contributed by atoms with Crippen LogP contribution in [0.25, 0.3) is 6.08 Å². The first-order chi connectivity index (χ1) is 14.9. The third kappa shape index (κ3) is 6.24. The van der Waals surface area contributed by atoms with Gasteiger partial charge in [-0.2, -0.15) is 10.5 Å². The Labute approximate surface area is 186 Å². The Morgan fingerprint density at radius 3 is 2.39 bits per heavy atom. The zero-order valence-corrected chi connectivity index (χ0v) is 18.7. The molecular weight excluding hydrogens is 380 g/mol. The second-order valence-corrected chi connectivity index (χ2v) is 8.98. The molecule has 0 atom stereocenters. The van der Waals surface area contributed by atoms with Crippen LogP contribution in [0.1, 0.15) is 38.7 Å². The van der Waals surface area contributed by atoms with Gasteiger partial charge in [0.2, 0.25) is 0 Å². The van der Waals surface area contributed by atoms with Crippen LogP contribution in [0.15, 0.2) is 77.7 Å². The average Bonchev–Trinajstić information content (AvgIpc) is 3.26. The molecule has 158 valence electrons. The first-order valence-electron chi connectivity index (χ1n) is 10.7. The normalized spacial score (nSPS) is 15.3. The number of hydrogen-bond donors (Lipinski definition) is 0. The van der Waals surface area contributed by atoms with E-state index in [1.807, 2.05) is 18.2 Å². The maximum Gasteiger partial charge on any atom is 0.132 e. The lowest BCUT2D eigenvalue weighted by atomic mass is 9.74. The van der Waals surface area contributed by atoms with E-state index in [2.05, 4.69) is 91.3 Å². The molecule has 4 heteroatoms. The zero-order valence-electron chi connectivity index (χ0n) is 18.7. The van der Waals surface area contributed by atoms with Crippen molar-refractivity contribution >= 4 is 11.8 Å². The summed E-state index contributed by atoms with van der Waals surface area (Å²) in [4.78, 5) is 2.28. The van der Waals surface area contributed by atoms with Gasteiger partial charge in [0.25, 0.3) is 0 Å². The minimum atomic E-state index is 0.0376. The van der Waals surface area contributed by atoms with Gasteiger partial charge in [0, 0.05) is 38.2 Å². The molecular formula is C27H30N4. The van der Waals surface area contributed by atoms with E-state index in [0.29, 0.717) is 0 Å². The van der Waals surface area contributed by atoms with E-state index >= 15 is 0 Å². The molecule has 0 bridgehead atoms. The number of anilines is 1. The third-order valence-electron chi connectivity index (χ3n) is 5.66. The Morgan fingerprint density at radius 2 is 1.74 bits per heavy atom. The van der Waals surface area contributed by atoms with Crippen LogP contribution >= 0.6 is 0 Å². The van der Waals surface area contributed by atoms with E-state index in [1.165, 1.54) is 5.69 Å². The Hall–Kier alpha value is -3.50. The van der Waals surface area contributed by atoms with Gasteiger partial charge in [-0.1, -0.05) is 44.2 Å². The number of benzene rings is 1. The molecule has 0 amide bonds. The maximum absolute atomic E-state index is 9.23. The van der Waals surface area contributed by atoms with Crippen molar-refractivity contribution in [2.24, 2.45) is 5.41 Å². The van der Waals surface area contributed by atoms with Gasteiger partial charge in [0.15, 0.2) is 0 Å². The Kier molecular flexibility index (Phi) is 7.16. The van der Waals surface area contributed by atoms with Gasteiger partial charge in [-0.15, -0.1) is 0 Å². The molecule has 3 rings (SSSR count). The Morgan fingerprint density at radius 1 is 1.06 bits per heavy atom. The standard InChI is InChI=1S/C27H30N4/c1-27(2)18-23(17-24(19-27)25(20-28)21-29)8-7-22-9-11-26(12-10-22)30(3)13-6-16-31-14-4-5-15-31/h4-5,7-12,14-15,17H,6,13,16,18-19H2,1-3H3/b8-7+. The van der Waals surface area contributed by atoms with Crippen molar-refractivity contribution in [1.82, 2.24) is 4.57 Å². The third-order valence-corrected chi connectivity index (χ3v) is 5.66. The molecule has 0 aliphatic heterocycles. The highest BCUT2D eigenvalue weighted by Gasteiger charge is 2.26. The molecule has 1 heterocycles. The lowest BCUT2D eigenvalue weighted by Gasteiger charge is -2.30. The largest absolute Gasteiger partial charge is 0.375 e. The predicted molar refractivity (Wildman–Crippen MR) is 127 cm³/mol. The van der Waals surface area contributed by atoms with Crippen molar-refractivity contribution in [3.8, 4) is 12.1 Å². The van der Waals surface area contributed by atoms with Crippen LogP contribution in [0.2, 0.25) is 0 Å². The second-order valence-electron chi connectivity index (χ2n) is 8.98. The number of nitrogens with zero attached hydrogens (tertiary/aromatic N) is 4. The maximum atomic E-state index is 9.23. The molecule has 4 nitrogen and oxygen atoms in total. The molecule has 1 aromatic carbocycles. The van der Waals surface area contributed by atoms with Crippen LogP contribution in [0, 0.1) is 28.1 Å². The Balaban J connectivity index is 1.64. The number of nitriles is 2. The van der Waals surface area contributed by atoms with Crippen LogP contribution in [0.5, 0.6) is 0 Å². The highest BCUT2D eigenvalue weighted by atomic mass is 15.1. The molecule has 1 aliphatic carbocycles. The number of rotatable bonds is 7. The summed E-state index contributed by atoms with van der Waals surface area (Å²) < 4.78 is 2.21. The van der Waals surface area contributed by atoms with E-state index < -0.39 is 0 Å². The van der Waals surface area contributed by atoms with Crippen LogP contribution < -0.4 is 4.90 Å². The highest BCUT2D eigenvalue weighted by molar-refractivity contribution is 5.59. The quantitative estimate of drug-likeness (QED) is 0.517. The molecule has 0 saturated heterocycles. The summed E-state index contributed by atoms with van der Waals surface area (Å²) in [6.07, 6.45) is 13.2. The number of hydrogen-bond acceptors (Lipinski definition) is 3. The molecule has 0 radical (unpaired) electrons. The summed E-state index contributed by atoms with van der Waals surface area (Å²) in [5.41, 5.74) is 4.61. The SMILES string of the molecule is CN(CCCn1cccc1)c1ccc(/C=C/C2=CC(=C(C#N)C#N)CC(C)(C)C2)cc1. The number of aryl methyl sites for hydroxylation is 1. The summed E-state index contributed by atoms with van der Waals surface area (Å²) in [6, 6.07) is 16.8. The molecule has 0 spiro atoms. The summed E-state index contributed by atoms with van der Waals surface area (Å²) in [5, 5.41) is 18.5. The topological polar surface area (TPSA) is 55.8 Å². The summed E-state index contributed by atoms with van der Waals surface area (Å²) in [5.74, 6) is 0. The summed E-state index contributed by atoms with van der Waals surface area (Å²) >= 11 is 0. The van der Waals surface area contributed by atoms with Crippen molar-refractivity contribution in [2.75, 3.05) is 18.5 Å². The van der Waals surface area contributed by atoms with Crippen LogP contribution in [0.3, 0.4) is 0 Å². The van der Waals surface area contributed by atoms with E-state index in [9.17, 15) is 10.5 Å². The average molecular weight is 411 g/mol. The van der Waals surface area contributed by atoms with Crippen LogP contribution in [-0.4, -0.2) is 18.2 Å². The van der Waals surface area contributed by atoms with Crippen LogP contribution in [-0.2, 0) is 6.54 Å². The first kappa shape index (κ1) is 22.2. The zero-order chi connectivity index (χ0) is 22.3. The van der Waals surface area contributed by atoms with Crippen molar-refractivity contribution in [3.05, 3.63) is 83.2 Å². The van der Waals surface area contributed by atoms with Gasteiger partial charge in [0.05, 0.1) is 0 Å². The van der Waals surface area contributed by atoms with Crippen molar-refractivity contribution in [3.63, 3.8) is 0 Å². The van der Waals surface area contributed by atoms with Gasteiger partial charge in [-0.25, -0.2) is 0 Å². The van der Waals surface area contributed by atoms with E-state index in [-0.39, 0.29) is 11.0 Å². The van der Waals surface area contributed by atoms with Crippen molar-refractivity contribution in [2.45, 2.75) is 39.7 Å². The van der Waals surface area contributed by atoms with Gasteiger partial charge < -0.3 is 9.47 Å². The van der Waals surface area contributed by atoms with E-state index in [1.54, 1.807) is 0 Å². The van der Waals surface area contributed by atoms with E-state index in [0.717, 1.165) is 49.1 Å². The minimum absolute atomic E-state index is 0.0376. The van der Waals surface area contributed by atoms with Gasteiger partial charge in [-0.3, -0.25) is 0 Å². The summed E-state index contributed by atoms with van der Waals surface area (Å²) in [6.45, 7) is 6.40. The molecule has 31 heavy (non-hydrogen) atoms. The number of allylic oxidation sites excluding steroid dienone is 5. The van der Waals surface area contributed by atoms with Gasteiger partial charge in [0.1, 0.15) is 17.7 Å². The smallest absolute Gasteiger partial charge is 0.132 e. The molecule has 1 aliphatic rings. The monoisotopic (exact) mass is 410 g/mol. The molecule has 0 fully saturated rings. The lowest BCUT2D eigenvalue weighted by molar-refractivity contribution is 0.354. The second kappa shape index (κ2) is 10.0. The highest BCUT2D eigenvalue weighted by Crippen LogP contribution is 2.39. The fourth-order valence-electron chi connectivity index (χ4n) is 4.07. The van der Waals surface area contributed by atoms with Crippen LogP contribution in [0.4, 0.5) is 5.69 Å². The molecule has 0 N–H and O–H groups in total. The summed E-state index contributed by atoms with van der Waals surface area (Å²) in [7, 11) is 2.13. The lowest BCUT2D eigenvalue weighted by Crippen LogP contribution is -2.19. The first-order valence-corrected chi connectivity index (χ1v) is 10.7. The van der Waals surface area contributed by atoms with Crippen molar-refractivity contribution in [1.29, 1.82) is 10.5 Å². The minimum Gasteiger partial charge on any atom is -0.375 e. The van der Waals surface area contributed by atoms with Crippen molar-refractivity contribution < 1.29 is 0 Å². The Bertz CT molecular complexity index is 1040. The van der Waals surface area contributed by atoms with E-state index in [4.69, 9.17) is 0 Å². The molecule has 0 saturated carbocycles. The molecule has 2 aromatic rings. The fourth-order valence-corrected chi connectivity index (χ4v) is 4.07. The number of aromatic nitrogens is 1. The predicted octanol–water partition coefficient (Wildman–Crippen LogP) is 6.12. The molecule has 1 aromatic heterocycles. The fraction of sp³-hybridized carbons (Fsp3) is 0.333. The van der Waals surface area contributed by atoms with Gasteiger partial charge >= 0.3 is 0 Å². The molecule has 0 unspecified atom stereocenters. The van der Waals surface area contributed by atoms with Gasteiger partial charge in [-0.05, 0) is 65.7 Å².